The first-order chi connectivity index (χ1) is 13.3. The molecule has 9 heteroatoms. The molecule has 3 rings (SSSR count). The molecule has 2 aromatic carbocycles. The average molecular weight is 400 g/mol. The lowest BCUT2D eigenvalue weighted by molar-refractivity contribution is 0.0946. The molecule has 0 saturated carbocycles. The molecular weight excluding hydrogens is 380 g/mol. The van der Waals surface area contributed by atoms with Crippen molar-refractivity contribution in [1.82, 2.24) is 15.5 Å². The number of carbonyl (C=O) groups excluding carboxylic acids is 1. The van der Waals surface area contributed by atoms with Crippen molar-refractivity contribution in [3.63, 3.8) is 0 Å². The Labute approximate surface area is 162 Å². The maximum atomic E-state index is 12.3. The molecule has 1 aromatic heterocycles. The van der Waals surface area contributed by atoms with E-state index in [4.69, 9.17) is 9.88 Å². The monoisotopic (exact) mass is 400 g/mol. The predicted octanol–water partition coefficient (Wildman–Crippen LogP) is 1.97. The van der Waals surface area contributed by atoms with E-state index in [-0.39, 0.29) is 22.2 Å². The highest BCUT2D eigenvalue weighted by molar-refractivity contribution is 7.89. The van der Waals surface area contributed by atoms with Gasteiger partial charge in [-0.15, -0.1) is 0 Å². The molecule has 0 spiro atoms. The molecule has 0 aliphatic rings. The number of primary sulfonamides is 1. The quantitative estimate of drug-likeness (QED) is 0.583. The van der Waals surface area contributed by atoms with Crippen molar-refractivity contribution >= 4 is 15.9 Å². The number of hydrogen-bond acceptors (Lipinski definition) is 5. The van der Waals surface area contributed by atoms with Gasteiger partial charge >= 0.3 is 0 Å². The highest BCUT2D eigenvalue weighted by Gasteiger charge is 2.18. The van der Waals surface area contributed by atoms with Crippen molar-refractivity contribution in [2.24, 2.45) is 5.14 Å². The van der Waals surface area contributed by atoms with Gasteiger partial charge in [-0.2, -0.15) is 5.10 Å². The van der Waals surface area contributed by atoms with E-state index in [0.717, 1.165) is 11.1 Å². The fourth-order valence-electron chi connectivity index (χ4n) is 2.63. The Hall–Kier alpha value is -3.17. The van der Waals surface area contributed by atoms with Crippen molar-refractivity contribution in [3.05, 3.63) is 65.4 Å². The SMILES string of the molecule is COc1ccc(-c2cc(C(=O)NCc3ccc(C)cc3)[nH]n2)cc1S(N)(=O)=O. The van der Waals surface area contributed by atoms with Gasteiger partial charge < -0.3 is 10.1 Å². The van der Waals surface area contributed by atoms with E-state index in [0.29, 0.717) is 17.8 Å². The number of benzene rings is 2. The third kappa shape index (κ3) is 4.38. The third-order valence-electron chi connectivity index (χ3n) is 4.16. The molecule has 0 bridgehead atoms. The summed E-state index contributed by atoms with van der Waals surface area (Å²) in [5.74, 6) is -0.183. The number of nitrogens with zero attached hydrogens (tertiary/aromatic N) is 1. The van der Waals surface area contributed by atoms with Crippen LogP contribution in [0.1, 0.15) is 21.6 Å². The van der Waals surface area contributed by atoms with Gasteiger partial charge in [0.25, 0.3) is 5.91 Å². The Kier molecular flexibility index (Phi) is 5.48. The number of nitrogens with two attached hydrogens (primary N) is 1. The van der Waals surface area contributed by atoms with Gasteiger partial charge in [0, 0.05) is 12.1 Å². The number of methoxy groups -OCH3 is 1. The largest absolute Gasteiger partial charge is 0.495 e. The van der Waals surface area contributed by atoms with E-state index in [9.17, 15) is 13.2 Å². The smallest absolute Gasteiger partial charge is 0.269 e. The molecular formula is C19H20N4O4S. The molecule has 0 radical (unpaired) electrons. The topological polar surface area (TPSA) is 127 Å². The fraction of sp³-hybridized carbons (Fsp3) is 0.158. The van der Waals surface area contributed by atoms with Gasteiger partial charge in [0.2, 0.25) is 10.0 Å². The second kappa shape index (κ2) is 7.83. The number of ether oxygens (including phenoxy) is 1. The number of aromatic nitrogens is 2. The number of H-pyrrole nitrogens is 1. The van der Waals surface area contributed by atoms with Gasteiger partial charge in [0.05, 0.1) is 12.8 Å². The standard InChI is InChI=1S/C19H20N4O4S/c1-12-3-5-13(6-4-12)11-21-19(24)16-10-15(22-23-16)14-7-8-17(27-2)18(9-14)28(20,25)26/h3-10H,11H2,1-2H3,(H,21,24)(H,22,23)(H2,20,25,26). The first kappa shape index (κ1) is 19.6. The maximum absolute atomic E-state index is 12.3. The van der Waals surface area contributed by atoms with E-state index in [1.165, 1.54) is 19.2 Å². The Morgan fingerprint density at radius 1 is 1.18 bits per heavy atom. The van der Waals surface area contributed by atoms with Crippen LogP contribution in [0.2, 0.25) is 0 Å². The number of sulfonamides is 1. The Morgan fingerprint density at radius 3 is 2.54 bits per heavy atom. The lowest BCUT2D eigenvalue weighted by Crippen LogP contribution is -2.23. The summed E-state index contributed by atoms with van der Waals surface area (Å²) in [7, 11) is -2.61. The molecule has 1 amide bonds. The molecule has 0 fully saturated rings. The van der Waals surface area contributed by atoms with Gasteiger partial charge in [-0.05, 0) is 36.8 Å². The Bertz CT molecular complexity index is 1110. The molecule has 0 unspecified atom stereocenters. The van der Waals surface area contributed by atoms with Crippen molar-refractivity contribution in [2.45, 2.75) is 18.4 Å². The molecule has 0 aliphatic heterocycles. The van der Waals surface area contributed by atoms with Crippen LogP contribution in [0.4, 0.5) is 0 Å². The van der Waals surface area contributed by atoms with E-state index in [1.807, 2.05) is 31.2 Å². The first-order valence-electron chi connectivity index (χ1n) is 8.38. The number of nitrogens with one attached hydrogen (secondary N) is 2. The molecule has 0 saturated heterocycles. The summed E-state index contributed by atoms with van der Waals surface area (Å²) in [6.45, 7) is 2.38. The summed E-state index contributed by atoms with van der Waals surface area (Å²) >= 11 is 0. The van der Waals surface area contributed by atoms with E-state index in [1.54, 1.807) is 12.1 Å². The summed E-state index contributed by atoms with van der Waals surface area (Å²) in [5, 5.41) is 14.8. The second-order valence-corrected chi connectivity index (χ2v) is 7.78. The molecule has 0 atom stereocenters. The predicted molar refractivity (Wildman–Crippen MR) is 104 cm³/mol. The maximum Gasteiger partial charge on any atom is 0.269 e. The van der Waals surface area contributed by atoms with Crippen LogP contribution < -0.4 is 15.2 Å². The molecule has 1 heterocycles. The summed E-state index contributed by atoms with van der Waals surface area (Å²) in [4.78, 5) is 12.2. The van der Waals surface area contributed by atoms with Crippen molar-refractivity contribution in [3.8, 4) is 17.0 Å². The second-order valence-electron chi connectivity index (χ2n) is 6.25. The molecule has 0 aliphatic carbocycles. The molecule has 3 aromatic rings. The minimum absolute atomic E-state index is 0.137. The highest BCUT2D eigenvalue weighted by Crippen LogP contribution is 2.28. The van der Waals surface area contributed by atoms with E-state index in [2.05, 4.69) is 15.5 Å². The number of hydrogen-bond donors (Lipinski definition) is 3. The highest BCUT2D eigenvalue weighted by atomic mass is 32.2. The van der Waals surface area contributed by atoms with Gasteiger partial charge in [-0.25, -0.2) is 13.6 Å². The number of rotatable bonds is 6. The lowest BCUT2D eigenvalue weighted by Gasteiger charge is -2.07. The van der Waals surface area contributed by atoms with Gasteiger partial charge in [0.1, 0.15) is 16.3 Å². The van der Waals surface area contributed by atoms with E-state index < -0.39 is 10.0 Å². The third-order valence-corrected chi connectivity index (χ3v) is 5.09. The van der Waals surface area contributed by atoms with Crippen LogP contribution in [-0.4, -0.2) is 31.6 Å². The van der Waals surface area contributed by atoms with Gasteiger partial charge in [-0.1, -0.05) is 29.8 Å². The molecule has 8 nitrogen and oxygen atoms in total. The summed E-state index contributed by atoms with van der Waals surface area (Å²) in [5.41, 5.74) is 3.28. The molecule has 28 heavy (non-hydrogen) atoms. The number of amides is 1. The van der Waals surface area contributed by atoms with E-state index >= 15 is 0 Å². The summed E-state index contributed by atoms with van der Waals surface area (Å²) < 4.78 is 28.5. The summed E-state index contributed by atoms with van der Waals surface area (Å²) in [6, 6.07) is 13.9. The Balaban J connectivity index is 1.78. The van der Waals surface area contributed by atoms with Crippen LogP contribution in [0, 0.1) is 6.92 Å². The van der Waals surface area contributed by atoms with Crippen molar-refractivity contribution in [1.29, 1.82) is 0 Å². The molecule has 4 N–H and O–H groups in total. The summed E-state index contributed by atoms with van der Waals surface area (Å²) in [6.07, 6.45) is 0. The van der Waals surface area contributed by atoms with Crippen LogP contribution >= 0.6 is 0 Å². The lowest BCUT2D eigenvalue weighted by atomic mass is 10.1. The number of carbonyl (C=O) groups is 1. The minimum Gasteiger partial charge on any atom is -0.495 e. The Morgan fingerprint density at radius 2 is 1.89 bits per heavy atom. The van der Waals surface area contributed by atoms with Gasteiger partial charge in [-0.3, -0.25) is 9.89 Å². The average Bonchev–Trinajstić information content (AvgIpc) is 3.16. The zero-order chi connectivity index (χ0) is 20.3. The van der Waals surface area contributed by atoms with Gasteiger partial charge in [0.15, 0.2) is 0 Å². The first-order valence-corrected chi connectivity index (χ1v) is 9.93. The zero-order valence-corrected chi connectivity index (χ0v) is 16.2. The van der Waals surface area contributed by atoms with Crippen molar-refractivity contribution in [2.75, 3.05) is 7.11 Å². The van der Waals surface area contributed by atoms with Crippen LogP contribution in [0.3, 0.4) is 0 Å². The number of aryl methyl sites for hydroxylation is 1. The van der Waals surface area contributed by atoms with Crippen LogP contribution in [0.15, 0.2) is 53.4 Å². The zero-order valence-electron chi connectivity index (χ0n) is 15.4. The van der Waals surface area contributed by atoms with Crippen LogP contribution in [0.25, 0.3) is 11.3 Å². The fourth-order valence-corrected chi connectivity index (χ4v) is 3.35. The van der Waals surface area contributed by atoms with Crippen molar-refractivity contribution < 1.29 is 17.9 Å². The normalized spacial score (nSPS) is 11.2. The minimum atomic E-state index is -3.97. The van der Waals surface area contributed by atoms with Crippen LogP contribution in [-0.2, 0) is 16.6 Å². The molecule has 146 valence electrons. The van der Waals surface area contributed by atoms with Crippen LogP contribution in [0.5, 0.6) is 5.75 Å². The number of aromatic amines is 1.